The summed E-state index contributed by atoms with van der Waals surface area (Å²) in [5.41, 5.74) is 1.53. The number of unbranched alkanes of at least 4 members (excludes halogenated alkanes) is 1. The van der Waals surface area contributed by atoms with Gasteiger partial charge in [-0.25, -0.2) is 0 Å². The Hall–Kier alpha value is -3.14. The van der Waals surface area contributed by atoms with E-state index < -0.39 is 0 Å². The molecule has 0 saturated carbocycles. The van der Waals surface area contributed by atoms with Crippen molar-refractivity contribution in [3.63, 3.8) is 0 Å². The van der Waals surface area contributed by atoms with Crippen LogP contribution in [0.4, 0.5) is 0 Å². The minimum absolute atomic E-state index is 0.140. The molecule has 196 valence electrons. The molecule has 1 fully saturated rings. The second-order valence-electron chi connectivity index (χ2n) is 10.0. The van der Waals surface area contributed by atoms with Crippen LogP contribution in [0, 0.1) is 0 Å². The lowest BCUT2D eigenvalue weighted by Crippen LogP contribution is -2.15. The van der Waals surface area contributed by atoms with Gasteiger partial charge in [-0.2, -0.15) is 0 Å². The van der Waals surface area contributed by atoms with Crippen molar-refractivity contribution in [1.82, 2.24) is 0 Å². The molecule has 3 heteroatoms. The van der Waals surface area contributed by atoms with Crippen LogP contribution in [0.2, 0.25) is 0 Å². The Morgan fingerprint density at radius 2 is 1.36 bits per heavy atom. The maximum atomic E-state index is 6.24. The molecule has 0 bridgehead atoms. The molecule has 0 spiro atoms. The van der Waals surface area contributed by atoms with E-state index >= 15 is 0 Å². The van der Waals surface area contributed by atoms with E-state index in [-0.39, 0.29) is 21.8 Å². The van der Waals surface area contributed by atoms with E-state index in [0.29, 0.717) is 5.25 Å². The maximum absolute atomic E-state index is 6.24. The van der Waals surface area contributed by atoms with E-state index in [0.717, 1.165) is 25.2 Å². The van der Waals surface area contributed by atoms with Crippen LogP contribution in [-0.2, 0) is 21.8 Å². The van der Waals surface area contributed by atoms with Gasteiger partial charge in [-0.15, -0.1) is 0 Å². The molecule has 2 atom stereocenters. The molecular weight excluding hydrogens is 513 g/mol. The number of rotatable bonds is 9. The molecule has 1 saturated heterocycles. The smallest absolute Gasteiger partial charge is 0.174 e. The molecule has 0 aliphatic carbocycles. The van der Waals surface area contributed by atoms with Crippen molar-refractivity contribution in [2.24, 2.45) is 0 Å². The number of ether oxygens (including phenoxy) is 1. The molecule has 0 N–H and O–H groups in total. The van der Waals surface area contributed by atoms with Crippen molar-refractivity contribution in [1.29, 1.82) is 0 Å². The van der Waals surface area contributed by atoms with Crippen molar-refractivity contribution < 1.29 is 4.74 Å². The van der Waals surface area contributed by atoms with Crippen LogP contribution in [-0.4, -0.2) is 12.4 Å². The number of hydrogen-bond acceptors (Lipinski definition) is 1. The first-order chi connectivity index (χ1) is 19.3. The molecule has 0 radical (unpaired) electrons. The molecule has 1 aliphatic rings. The van der Waals surface area contributed by atoms with E-state index in [2.05, 4.69) is 128 Å². The molecule has 0 amide bonds. The molecule has 0 aromatic heterocycles. The van der Waals surface area contributed by atoms with E-state index in [4.69, 9.17) is 4.74 Å². The van der Waals surface area contributed by atoms with Gasteiger partial charge in [0.2, 0.25) is 0 Å². The highest BCUT2D eigenvalue weighted by Crippen LogP contribution is 2.47. The van der Waals surface area contributed by atoms with Gasteiger partial charge < -0.3 is 4.74 Å². The molecular formula is C36H36OS2+2. The predicted molar refractivity (Wildman–Crippen MR) is 168 cm³/mol. The molecule has 2 unspecified atom stereocenters. The summed E-state index contributed by atoms with van der Waals surface area (Å²) in [6.07, 6.45) is 4.75. The van der Waals surface area contributed by atoms with E-state index in [1.54, 1.807) is 0 Å². The van der Waals surface area contributed by atoms with E-state index in [1.165, 1.54) is 54.5 Å². The van der Waals surface area contributed by atoms with Gasteiger partial charge in [-0.05, 0) is 67.4 Å². The lowest BCUT2D eigenvalue weighted by Gasteiger charge is -2.18. The summed E-state index contributed by atoms with van der Waals surface area (Å²) in [5, 5.41) is 3.15. The molecule has 1 aliphatic heterocycles. The predicted octanol–water partition coefficient (Wildman–Crippen LogP) is 9.63. The van der Waals surface area contributed by atoms with Crippen LogP contribution in [0.25, 0.3) is 10.8 Å². The zero-order chi connectivity index (χ0) is 26.4. The van der Waals surface area contributed by atoms with Gasteiger partial charge in [0, 0.05) is 28.1 Å². The Labute approximate surface area is 238 Å². The summed E-state index contributed by atoms with van der Waals surface area (Å²) < 4.78 is 6.24. The van der Waals surface area contributed by atoms with Crippen LogP contribution >= 0.6 is 0 Å². The number of hydrogen-bond donors (Lipinski definition) is 0. The third-order valence-corrected chi connectivity index (χ3v) is 12.6. The van der Waals surface area contributed by atoms with Crippen LogP contribution in [0.3, 0.4) is 0 Å². The standard InChI is InChI=1S/C36H36OS2/c1-2-3-26-37-33-24-25-35(31-20-11-10-19-30(31)33)38-27-14-23-34(38)32-21-12-13-22-36(32)39(28-15-6-4-7-16-28)29-17-8-5-9-18-29/h4-13,15-22,24-25,34H,2-3,14,23,26-27H2,1H3/q+2. The quantitative estimate of drug-likeness (QED) is 0.132. The fraction of sp³-hybridized carbons (Fsp3) is 0.222. The molecule has 5 aromatic rings. The van der Waals surface area contributed by atoms with Gasteiger partial charge in [0.05, 0.1) is 23.1 Å². The molecule has 1 nitrogen and oxygen atoms in total. The van der Waals surface area contributed by atoms with Gasteiger partial charge in [0.25, 0.3) is 0 Å². The zero-order valence-corrected chi connectivity index (χ0v) is 24.2. The average Bonchev–Trinajstić information content (AvgIpc) is 3.48. The minimum atomic E-state index is -0.145. The summed E-state index contributed by atoms with van der Waals surface area (Å²) in [7, 11) is -0.00504. The fourth-order valence-electron chi connectivity index (χ4n) is 5.64. The van der Waals surface area contributed by atoms with Crippen molar-refractivity contribution in [3.8, 4) is 5.75 Å². The monoisotopic (exact) mass is 548 g/mol. The highest BCUT2D eigenvalue weighted by atomic mass is 32.2. The van der Waals surface area contributed by atoms with Gasteiger partial charge in [0.1, 0.15) is 11.5 Å². The van der Waals surface area contributed by atoms with Crippen LogP contribution < -0.4 is 4.74 Å². The SMILES string of the molecule is CCCCOc1ccc([S+]2CCCC2c2ccccc2[S+](c2ccccc2)c2ccccc2)c2ccccc12. The Bertz CT molecular complexity index is 1480. The first-order valence-electron chi connectivity index (χ1n) is 14.1. The Morgan fingerprint density at radius 1 is 0.718 bits per heavy atom. The largest absolute Gasteiger partial charge is 0.493 e. The molecule has 1 heterocycles. The fourth-order valence-corrected chi connectivity index (χ4v) is 11.0. The van der Waals surface area contributed by atoms with Crippen LogP contribution in [0.1, 0.15) is 43.4 Å². The lowest BCUT2D eigenvalue weighted by atomic mass is 10.1. The van der Waals surface area contributed by atoms with Crippen molar-refractivity contribution in [3.05, 3.63) is 127 Å². The first kappa shape index (κ1) is 26.1. The molecule has 39 heavy (non-hydrogen) atoms. The third-order valence-electron chi connectivity index (χ3n) is 7.50. The number of fused-ring (bicyclic) bond motifs is 1. The average molecular weight is 549 g/mol. The summed E-state index contributed by atoms with van der Waals surface area (Å²) in [4.78, 5) is 5.74. The molecule has 6 rings (SSSR count). The highest BCUT2D eigenvalue weighted by molar-refractivity contribution is 7.98. The van der Waals surface area contributed by atoms with Gasteiger partial charge in [0.15, 0.2) is 24.8 Å². The topological polar surface area (TPSA) is 9.23 Å². The van der Waals surface area contributed by atoms with Gasteiger partial charge in [-0.1, -0.05) is 80.1 Å². The van der Waals surface area contributed by atoms with Crippen LogP contribution in [0.15, 0.2) is 141 Å². The minimum Gasteiger partial charge on any atom is -0.493 e. The summed E-state index contributed by atoms with van der Waals surface area (Å²) in [5.74, 6) is 2.28. The van der Waals surface area contributed by atoms with Crippen LogP contribution in [0.5, 0.6) is 5.75 Å². The van der Waals surface area contributed by atoms with Gasteiger partial charge >= 0.3 is 0 Å². The van der Waals surface area contributed by atoms with E-state index in [9.17, 15) is 0 Å². The normalized spacial score (nSPS) is 17.1. The maximum Gasteiger partial charge on any atom is 0.174 e. The van der Waals surface area contributed by atoms with Crippen molar-refractivity contribution in [2.75, 3.05) is 12.4 Å². The Balaban J connectivity index is 1.43. The van der Waals surface area contributed by atoms with Gasteiger partial charge in [-0.3, -0.25) is 0 Å². The second kappa shape index (κ2) is 12.4. The lowest BCUT2D eigenvalue weighted by molar-refractivity contribution is 0.313. The summed E-state index contributed by atoms with van der Waals surface area (Å²) in [6.45, 7) is 2.99. The van der Waals surface area contributed by atoms with Crippen molar-refractivity contribution in [2.45, 2.75) is 57.4 Å². The second-order valence-corrected chi connectivity index (χ2v) is 14.3. The summed E-state index contributed by atoms with van der Waals surface area (Å²) >= 11 is 0. The first-order valence-corrected chi connectivity index (χ1v) is 16.8. The van der Waals surface area contributed by atoms with Crippen molar-refractivity contribution >= 4 is 32.6 Å². The highest BCUT2D eigenvalue weighted by Gasteiger charge is 2.44. The van der Waals surface area contributed by atoms with E-state index in [1.807, 2.05) is 0 Å². The number of benzene rings is 5. The summed E-state index contributed by atoms with van der Waals surface area (Å²) in [6, 6.07) is 44.9. The molecule has 5 aromatic carbocycles. The Kier molecular flexibility index (Phi) is 8.27. The third kappa shape index (κ3) is 5.48. The Morgan fingerprint density at radius 3 is 2.08 bits per heavy atom. The zero-order valence-electron chi connectivity index (χ0n) is 22.6.